The first-order chi connectivity index (χ1) is 12.3. The monoisotopic (exact) mass is 395 g/mol. The molecule has 0 bridgehead atoms. The quantitative estimate of drug-likeness (QED) is 0.783. The summed E-state index contributed by atoms with van der Waals surface area (Å²) in [6.45, 7) is 6.52. The van der Waals surface area contributed by atoms with Crippen LogP contribution >= 0.6 is 23.1 Å². The van der Waals surface area contributed by atoms with Crippen LogP contribution in [0.1, 0.15) is 58.6 Å². The van der Waals surface area contributed by atoms with E-state index in [1.54, 1.807) is 0 Å². The molecule has 3 rings (SSSR count). The van der Waals surface area contributed by atoms with Crippen LogP contribution in [-0.4, -0.2) is 38.0 Å². The van der Waals surface area contributed by atoms with Crippen LogP contribution in [0.25, 0.3) is 4.96 Å². The molecule has 0 unspecified atom stereocenters. The Hall–Kier alpha value is -1.48. The Labute approximate surface area is 161 Å². The van der Waals surface area contributed by atoms with Crippen molar-refractivity contribution in [2.45, 2.75) is 62.6 Å². The van der Waals surface area contributed by atoms with E-state index in [1.807, 2.05) is 20.8 Å². The van der Waals surface area contributed by atoms with E-state index in [9.17, 15) is 9.59 Å². The zero-order chi connectivity index (χ0) is 18.7. The minimum absolute atomic E-state index is 0.00800. The number of rotatable bonds is 5. The summed E-state index contributed by atoms with van der Waals surface area (Å²) in [7, 11) is 0. The number of fused-ring (bicyclic) bond motifs is 1. The van der Waals surface area contributed by atoms with Crippen molar-refractivity contribution < 1.29 is 4.79 Å². The van der Waals surface area contributed by atoms with Gasteiger partial charge in [0.05, 0.1) is 5.75 Å². The Kier molecular flexibility index (Phi) is 5.96. The molecule has 9 heteroatoms. The number of nitrogens with one attached hydrogen (secondary N) is 1. The van der Waals surface area contributed by atoms with Crippen molar-refractivity contribution in [3.63, 3.8) is 0 Å². The lowest BCUT2D eigenvalue weighted by Gasteiger charge is -2.21. The van der Waals surface area contributed by atoms with Crippen LogP contribution < -0.4 is 10.9 Å². The number of amides is 1. The molecule has 0 aliphatic heterocycles. The maximum Gasteiger partial charge on any atom is 0.297 e. The van der Waals surface area contributed by atoms with E-state index in [-0.39, 0.29) is 16.9 Å². The third kappa shape index (κ3) is 4.62. The van der Waals surface area contributed by atoms with Gasteiger partial charge >= 0.3 is 0 Å². The van der Waals surface area contributed by atoms with Crippen LogP contribution in [0.5, 0.6) is 0 Å². The van der Waals surface area contributed by atoms with Gasteiger partial charge in [-0.15, -0.1) is 15.3 Å². The molecule has 0 spiro atoms. The van der Waals surface area contributed by atoms with Gasteiger partial charge in [0, 0.05) is 12.0 Å². The van der Waals surface area contributed by atoms with Gasteiger partial charge in [-0.25, -0.2) is 0 Å². The summed E-state index contributed by atoms with van der Waals surface area (Å²) in [5.74, 6) is 0.916. The molecule has 1 aliphatic rings. The van der Waals surface area contributed by atoms with Crippen LogP contribution in [0.15, 0.2) is 9.13 Å². The normalized spacial score (nSPS) is 16.1. The van der Waals surface area contributed by atoms with E-state index < -0.39 is 0 Å². The first-order valence-corrected chi connectivity index (χ1v) is 10.8. The van der Waals surface area contributed by atoms with E-state index in [4.69, 9.17) is 0 Å². The van der Waals surface area contributed by atoms with Gasteiger partial charge in [-0.2, -0.15) is 4.52 Å². The van der Waals surface area contributed by atoms with Gasteiger partial charge in [-0.1, -0.05) is 63.1 Å². The zero-order valence-electron chi connectivity index (χ0n) is 15.4. The summed E-state index contributed by atoms with van der Waals surface area (Å²) >= 11 is 2.61. The van der Waals surface area contributed by atoms with Crippen LogP contribution in [0.4, 0.5) is 0 Å². The molecule has 0 aromatic carbocycles. The highest BCUT2D eigenvalue weighted by Crippen LogP contribution is 2.25. The molecule has 7 nitrogen and oxygen atoms in total. The summed E-state index contributed by atoms with van der Waals surface area (Å²) in [6, 6.07) is 0. The topological polar surface area (TPSA) is 89.2 Å². The largest absolute Gasteiger partial charge is 0.355 e. The SMILES string of the molecule is CC(C)(C)c1nnc2sc(SCC(=O)NCC3CCCCC3)nn2c1=O. The standard InChI is InChI=1S/C17H25N5O2S2/c1-17(2,3)13-14(24)22-15(20-19-13)26-16(21-22)25-10-12(23)18-9-11-7-5-4-6-8-11/h11H,4-10H2,1-3H3,(H,18,23). The minimum Gasteiger partial charge on any atom is -0.355 e. The molecular formula is C17H25N5O2S2. The van der Waals surface area contributed by atoms with E-state index >= 15 is 0 Å². The van der Waals surface area contributed by atoms with E-state index in [0.29, 0.717) is 26.7 Å². The fraction of sp³-hybridized carbons (Fsp3) is 0.706. The fourth-order valence-electron chi connectivity index (χ4n) is 3.05. The third-order valence-corrected chi connectivity index (χ3v) is 6.55. The van der Waals surface area contributed by atoms with Gasteiger partial charge in [0.1, 0.15) is 5.69 Å². The molecule has 1 amide bonds. The lowest BCUT2D eigenvalue weighted by Crippen LogP contribution is -2.31. The number of carbonyl (C=O) groups excluding carboxylic acids is 1. The Bertz CT molecular complexity index is 834. The molecule has 1 aliphatic carbocycles. The number of nitrogens with zero attached hydrogens (tertiary/aromatic N) is 4. The van der Waals surface area contributed by atoms with E-state index in [0.717, 1.165) is 6.54 Å². The Morgan fingerprint density at radius 1 is 1.27 bits per heavy atom. The second-order valence-electron chi connectivity index (χ2n) is 7.76. The predicted octanol–water partition coefficient (Wildman–Crippen LogP) is 2.63. The van der Waals surface area contributed by atoms with Gasteiger partial charge in [0.25, 0.3) is 5.56 Å². The van der Waals surface area contributed by atoms with Crippen molar-refractivity contribution in [1.29, 1.82) is 0 Å². The van der Waals surface area contributed by atoms with Crippen molar-refractivity contribution in [2.24, 2.45) is 5.92 Å². The zero-order valence-corrected chi connectivity index (χ0v) is 17.1. The van der Waals surface area contributed by atoms with Gasteiger partial charge < -0.3 is 5.32 Å². The average molecular weight is 396 g/mol. The molecule has 1 fully saturated rings. The molecule has 0 radical (unpaired) electrons. The highest BCUT2D eigenvalue weighted by molar-refractivity contribution is 8.01. The summed E-state index contributed by atoms with van der Waals surface area (Å²) in [6.07, 6.45) is 6.28. The van der Waals surface area contributed by atoms with Crippen LogP contribution in [0, 0.1) is 5.92 Å². The molecule has 142 valence electrons. The van der Waals surface area contributed by atoms with Gasteiger partial charge in [-0.05, 0) is 18.8 Å². The molecule has 1 saturated carbocycles. The molecular weight excluding hydrogens is 370 g/mol. The van der Waals surface area contributed by atoms with Crippen molar-refractivity contribution in [3.05, 3.63) is 16.0 Å². The highest BCUT2D eigenvalue weighted by Gasteiger charge is 2.23. The number of hydrogen-bond acceptors (Lipinski definition) is 7. The summed E-state index contributed by atoms with van der Waals surface area (Å²) < 4.78 is 1.94. The Morgan fingerprint density at radius 2 is 2.00 bits per heavy atom. The van der Waals surface area contributed by atoms with Gasteiger partial charge in [-0.3, -0.25) is 9.59 Å². The van der Waals surface area contributed by atoms with Crippen molar-refractivity contribution in [2.75, 3.05) is 12.3 Å². The van der Waals surface area contributed by atoms with Crippen molar-refractivity contribution in [1.82, 2.24) is 25.1 Å². The molecule has 2 heterocycles. The first kappa shape index (κ1) is 19.3. The minimum atomic E-state index is -0.388. The van der Waals surface area contributed by atoms with Crippen molar-refractivity contribution in [3.8, 4) is 0 Å². The maximum absolute atomic E-state index is 12.5. The highest BCUT2D eigenvalue weighted by atomic mass is 32.2. The predicted molar refractivity (Wildman–Crippen MR) is 104 cm³/mol. The van der Waals surface area contributed by atoms with Crippen LogP contribution in [0.2, 0.25) is 0 Å². The van der Waals surface area contributed by atoms with Crippen molar-refractivity contribution >= 4 is 34.0 Å². The summed E-state index contributed by atoms with van der Waals surface area (Å²) in [5.41, 5.74) is -0.240. The molecule has 2 aromatic heterocycles. The smallest absolute Gasteiger partial charge is 0.297 e. The fourth-order valence-corrected chi connectivity index (χ4v) is 4.76. The van der Waals surface area contributed by atoms with E-state index in [1.165, 1.54) is 59.7 Å². The number of aromatic nitrogens is 4. The number of hydrogen-bond donors (Lipinski definition) is 1. The van der Waals surface area contributed by atoms with Gasteiger partial charge in [0.15, 0.2) is 4.34 Å². The lowest BCUT2D eigenvalue weighted by atomic mass is 9.89. The summed E-state index contributed by atoms with van der Waals surface area (Å²) in [5, 5.41) is 15.5. The maximum atomic E-state index is 12.5. The molecule has 0 atom stereocenters. The third-order valence-electron chi connectivity index (χ3n) is 4.52. The molecule has 0 saturated heterocycles. The van der Waals surface area contributed by atoms with Crippen LogP contribution in [0.3, 0.4) is 0 Å². The lowest BCUT2D eigenvalue weighted by molar-refractivity contribution is -0.118. The second-order valence-corrected chi connectivity index (χ2v) is 9.94. The molecule has 2 aromatic rings. The number of thioether (sulfide) groups is 1. The molecule has 1 N–H and O–H groups in total. The number of carbonyl (C=O) groups is 1. The van der Waals surface area contributed by atoms with Crippen LogP contribution in [-0.2, 0) is 10.2 Å². The van der Waals surface area contributed by atoms with Gasteiger partial charge in [0.2, 0.25) is 10.9 Å². The second kappa shape index (κ2) is 8.04. The first-order valence-electron chi connectivity index (χ1n) is 9.01. The van der Waals surface area contributed by atoms with E-state index in [2.05, 4.69) is 20.6 Å². The molecule has 26 heavy (non-hydrogen) atoms. The average Bonchev–Trinajstić information content (AvgIpc) is 3.02. The Morgan fingerprint density at radius 3 is 2.69 bits per heavy atom. The Balaban J connectivity index is 1.59. The summed E-state index contributed by atoms with van der Waals surface area (Å²) in [4.78, 5) is 25.0.